The van der Waals surface area contributed by atoms with E-state index in [-0.39, 0.29) is 11.8 Å². The largest absolute Gasteiger partial charge is 0.480 e. The van der Waals surface area contributed by atoms with Crippen LogP contribution in [0.4, 0.5) is 0 Å². The Balaban J connectivity index is 1.80. The molecule has 1 saturated carbocycles. The van der Waals surface area contributed by atoms with Crippen molar-refractivity contribution in [1.82, 2.24) is 10.6 Å². The number of carbonyl (C=O) groups is 3. The van der Waals surface area contributed by atoms with E-state index in [2.05, 4.69) is 10.6 Å². The number of hydrogen-bond acceptors (Lipinski definition) is 4. The number of carboxylic acids is 1. The molecular formula is C18H30N2O5. The molecule has 2 aliphatic rings. The second kappa shape index (κ2) is 9.75. The number of amides is 2. The quantitative estimate of drug-likeness (QED) is 0.642. The molecule has 3 N–H and O–H groups in total. The first-order chi connectivity index (χ1) is 12.0. The molecule has 0 spiro atoms. The van der Waals surface area contributed by atoms with Crippen molar-refractivity contribution >= 4 is 17.8 Å². The Kier molecular flexibility index (Phi) is 7.68. The monoisotopic (exact) mass is 354 g/mol. The van der Waals surface area contributed by atoms with Gasteiger partial charge < -0.3 is 20.5 Å². The van der Waals surface area contributed by atoms with E-state index in [1.54, 1.807) is 6.92 Å². The molecule has 7 nitrogen and oxygen atoms in total. The van der Waals surface area contributed by atoms with E-state index in [9.17, 15) is 19.5 Å². The highest BCUT2D eigenvalue weighted by Crippen LogP contribution is 2.26. The Bertz CT molecular complexity index is 470. The molecule has 2 amide bonds. The molecule has 2 fully saturated rings. The summed E-state index contributed by atoms with van der Waals surface area (Å²) in [7, 11) is 0. The molecule has 0 bridgehead atoms. The molecule has 0 aromatic heterocycles. The number of hydrogen-bond donors (Lipinski definition) is 3. The molecule has 1 saturated heterocycles. The lowest BCUT2D eigenvalue weighted by Crippen LogP contribution is -2.54. The van der Waals surface area contributed by atoms with Gasteiger partial charge in [-0.05, 0) is 38.5 Å². The van der Waals surface area contributed by atoms with Gasteiger partial charge in [0.15, 0.2) is 0 Å². The highest BCUT2D eigenvalue weighted by atomic mass is 16.5. The summed E-state index contributed by atoms with van der Waals surface area (Å²) in [6, 6.07) is -1.73. The van der Waals surface area contributed by atoms with Crippen LogP contribution in [-0.4, -0.2) is 48.2 Å². The third-order valence-corrected chi connectivity index (χ3v) is 5.20. The average Bonchev–Trinajstić information content (AvgIpc) is 2.60. The van der Waals surface area contributed by atoms with Crippen LogP contribution in [-0.2, 0) is 19.1 Å². The van der Waals surface area contributed by atoms with E-state index in [4.69, 9.17) is 4.74 Å². The van der Waals surface area contributed by atoms with Gasteiger partial charge in [0.05, 0.1) is 6.61 Å². The van der Waals surface area contributed by atoms with Crippen molar-refractivity contribution in [3.8, 4) is 0 Å². The van der Waals surface area contributed by atoms with Crippen LogP contribution >= 0.6 is 0 Å². The lowest BCUT2D eigenvalue weighted by atomic mass is 9.87. The van der Waals surface area contributed by atoms with Gasteiger partial charge in [-0.25, -0.2) is 4.79 Å². The Hall–Kier alpha value is -1.63. The molecule has 0 aromatic carbocycles. The highest BCUT2D eigenvalue weighted by Gasteiger charge is 2.32. The minimum Gasteiger partial charge on any atom is -0.480 e. The lowest BCUT2D eigenvalue weighted by molar-refractivity contribution is -0.145. The molecule has 1 aliphatic carbocycles. The first-order valence-electron chi connectivity index (χ1n) is 9.37. The third kappa shape index (κ3) is 6.30. The molecule has 7 heteroatoms. The molecule has 2 rings (SSSR count). The number of carbonyl (C=O) groups excluding carboxylic acids is 2. The van der Waals surface area contributed by atoms with Crippen LogP contribution in [0.25, 0.3) is 0 Å². The summed E-state index contributed by atoms with van der Waals surface area (Å²) in [5.41, 5.74) is 0. The van der Waals surface area contributed by atoms with Gasteiger partial charge in [-0.15, -0.1) is 0 Å². The van der Waals surface area contributed by atoms with Crippen LogP contribution in [0.2, 0.25) is 0 Å². The standard InChI is InChI=1S/C18H30N2O5/c1-12(19-15(21)10-13-6-3-2-4-7-13)17(22)20-16(18(23)24)14-8-5-9-25-11-14/h12-14,16H,2-11H2,1H3,(H,19,21)(H,20,22)(H,23,24). The predicted molar refractivity (Wildman–Crippen MR) is 91.9 cm³/mol. The van der Waals surface area contributed by atoms with Crippen molar-refractivity contribution < 1.29 is 24.2 Å². The van der Waals surface area contributed by atoms with Crippen molar-refractivity contribution in [3.05, 3.63) is 0 Å². The number of rotatable bonds is 7. The van der Waals surface area contributed by atoms with Crippen molar-refractivity contribution in [2.45, 2.75) is 70.4 Å². The van der Waals surface area contributed by atoms with Crippen LogP contribution in [0.5, 0.6) is 0 Å². The maximum absolute atomic E-state index is 12.3. The number of carboxylic acid groups (broad SMARTS) is 1. The first-order valence-corrected chi connectivity index (χ1v) is 9.37. The van der Waals surface area contributed by atoms with Gasteiger partial charge >= 0.3 is 5.97 Å². The van der Waals surface area contributed by atoms with Crippen molar-refractivity contribution in [2.75, 3.05) is 13.2 Å². The van der Waals surface area contributed by atoms with E-state index in [1.807, 2.05) is 0 Å². The second-order valence-electron chi connectivity index (χ2n) is 7.30. The van der Waals surface area contributed by atoms with Gasteiger partial charge in [0.1, 0.15) is 12.1 Å². The van der Waals surface area contributed by atoms with E-state index in [0.29, 0.717) is 32.0 Å². The minimum absolute atomic E-state index is 0.137. The molecule has 3 unspecified atom stereocenters. The molecule has 0 aromatic rings. The summed E-state index contributed by atoms with van der Waals surface area (Å²) in [5, 5.41) is 14.7. The van der Waals surface area contributed by atoms with Crippen LogP contribution in [0, 0.1) is 11.8 Å². The Morgan fingerprint density at radius 2 is 1.80 bits per heavy atom. The molecule has 1 heterocycles. The molecule has 25 heavy (non-hydrogen) atoms. The third-order valence-electron chi connectivity index (χ3n) is 5.20. The smallest absolute Gasteiger partial charge is 0.326 e. The van der Waals surface area contributed by atoms with Gasteiger partial charge in [0.2, 0.25) is 11.8 Å². The van der Waals surface area contributed by atoms with Crippen LogP contribution < -0.4 is 10.6 Å². The summed E-state index contributed by atoms with van der Waals surface area (Å²) >= 11 is 0. The van der Waals surface area contributed by atoms with E-state index in [0.717, 1.165) is 32.1 Å². The maximum atomic E-state index is 12.3. The zero-order chi connectivity index (χ0) is 18.2. The van der Waals surface area contributed by atoms with E-state index < -0.39 is 24.0 Å². The predicted octanol–water partition coefficient (Wildman–Crippen LogP) is 1.46. The maximum Gasteiger partial charge on any atom is 0.326 e. The van der Waals surface area contributed by atoms with Gasteiger partial charge in [-0.2, -0.15) is 0 Å². The SMILES string of the molecule is CC(NC(=O)CC1CCCCC1)C(=O)NC(C(=O)O)C1CCCOC1. The highest BCUT2D eigenvalue weighted by molar-refractivity contribution is 5.90. The van der Waals surface area contributed by atoms with E-state index in [1.165, 1.54) is 6.42 Å². The zero-order valence-electron chi connectivity index (χ0n) is 15.0. The van der Waals surface area contributed by atoms with Gasteiger partial charge in [0.25, 0.3) is 0 Å². The number of aliphatic carboxylic acids is 1. The molecule has 1 aliphatic heterocycles. The summed E-state index contributed by atoms with van der Waals surface area (Å²) in [6.07, 6.45) is 7.63. The first kappa shape index (κ1) is 19.7. The van der Waals surface area contributed by atoms with Crippen LogP contribution in [0.15, 0.2) is 0 Å². The average molecular weight is 354 g/mol. The van der Waals surface area contributed by atoms with Gasteiger partial charge in [-0.3, -0.25) is 9.59 Å². The molecule has 0 radical (unpaired) electrons. The normalized spacial score (nSPS) is 24.1. The summed E-state index contributed by atoms with van der Waals surface area (Å²) in [4.78, 5) is 35.9. The summed E-state index contributed by atoms with van der Waals surface area (Å²) in [5.74, 6) is -1.50. The van der Waals surface area contributed by atoms with Crippen LogP contribution in [0.3, 0.4) is 0 Å². The van der Waals surface area contributed by atoms with Crippen molar-refractivity contribution in [2.24, 2.45) is 11.8 Å². The summed E-state index contributed by atoms with van der Waals surface area (Å²) in [6.45, 7) is 2.55. The number of ether oxygens (including phenoxy) is 1. The van der Waals surface area contributed by atoms with Crippen molar-refractivity contribution in [1.29, 1.82) is 0 Å². The zero-order valence-corrected chi connectivity index (χ0v) is 15.0. The topological polar surface area (TPSA) is 105 Å². The Morgan fingerprint density at radius 1 is 1.08 bits per heavy atom. The summed E-state index contributed by atoms with van der Waals surface area (Å²) < 4.78 is 5.32. The van der Waals surface area contributed by atoms with Gasteiger partial charge in [-0.1, -0.05) is 19.3 Å². The molecule has 3 atom stereocenters. The Morgan fingerprint density at radius 3 is 2.40 bits per heavy atom. The lowest BCUT2D eigenvalue weighted by Gasteiger charge is -2.29. The fourth-order valence-electron chi connectivity index (χ4n) is 3.71. The number of nitrogens with one attached hydrogen (secondary N) is 2. The minimum atomic E-state index is -1.07. The van der Waals surface area contributed by atoms with Crippen molar-refractivity contribution in [3.63, 3.8) is 0 Å². The van der Waals surface area contributed by atoms with Crippen LogP contribution in [0.1, 0.15) is 58.3 Å². The molecule has 142 valence electrons. The van der Waals surface area contributed by atoms with E-state index >= 15 is 0 Å². The fourth-order valence-corrected chi connectivity index (χ4v) is 3.71. The fraction of sp³-hybridized carbons (Fsp3) is 0.833. The second-order valence-corrected chi connectivity index (χ2v) is 7.30. The van der Waals surface area contributed by atoms with Gasteiger partial charge in [0, 0.05) is 18.9 Å². The molecular weight excluding hydrogens is 324 g/mol. The Labute approximate surface area is 148 Å².